The molecule has 1 aliphatic rings. The van der Waals surface area contributed by atoms with Crippen molar-refractivity contribution in [2.75, 3.05) is 52.2 Å². The summed E-state index contributed by atoms with van der Waals surface area (Å²) in [6, 6.07) is 16.8. The Morgan fingerprint density at radius 1 is 0.977 bits per heavy atom. The number of amides is 1. The van der Waals surface area contributed by atoms with E-state index in [9.17, 15) is 4.79 Å². The number of likely N-dealkylation sites (N-methyl/N-ethyl adjacent to an activating group) is 1. The summed E-state index contributed by atoms with van der Waals surface area (Å²) in [6.07, 6.45) is 8.82. The second-order valence-corrected chi connectivity index (χ2v) is 11.0. The summed E-state index contributed by atoms with van der Waals surface area (Å²) in [5.74, 6) is -0.00321. The van der Waals surface area contributed by atoms with Gasteiger partial charge in [0.15, 0.2) is 0 Å². The van der Waals surface area contributed by atoms with Crippen molar-refractivity contribution in [1.82, 2.24) is 29.5 Å². The molecule has 222 valence electrons. The largest absolute Gasteiger partial charge is 0.483 e. The lowest BCUT2D eigenvalue weighted by Crippen LogP contribution is -2.44. The number of carbonyl (C=O) groups excluding carboxylic acids is 1. The number of rotatable bonds is 6. The van der Waals surface area contributed by atoms with Gasteiger partial charge in [0, 0.05) is 100 Å². The van der Waals surface area contributed by atoms with Crippen molar-refractivity contribution >= 4 is 29.1 Å². The SMILES string of the molecule is CN1CCN(c2ccc(-c3cnc4[nH]cc(-c5ccc(C(=O)N(C)C)cc5)c4c3)cc2Cc2cnn(C)c2)CC1.O=CO. The first kappa shape index (κ1) is 29.5. The minimum Gasteiger partial charge on any atom is -0.483 e. The average molecular weight is 580 g/mol. The summed E-state index contributed by atoms with van der Waals surface area (Å²) in [5.41, 5.74) is 9.64. The molecule has 0 spiro atoms. The van der Waals surface area contributed by atoms with Crippen molar-refractivity contribution in [3.63, 3.8) is 0 Å². The zero-order valence-electron chi connectivity index (χ0n) is 25.0. The summed E-state index contributed by atoms with van der Waals surface area (Å²) in [7, 11) is 7.68. The van der Waals surface area contributed by atoms with Crippen molar-refractivity contribution < 1.29 is 14.7 Å². The van der Waals surface area contributed by atoms with Crippen LogP contribution in [0.4, 0.5) is 5.69 Å². The Morgan fingerprint density at radius 3 is 2.33 bits per heavy atom. The molecular weight excluding hydrogens is 542 g/mol. The Labute approximate surface area is 251 Å². The lowest BCUT2D eigenvalue weighted by molar-refractivity contribution is -0.122. The van der Waals surface area contributed by atoms with Gasteiger partial charge in [0.1, 0.15) is 5.65 Å². The maximum atomic E-state index is 12.3. The maximum Gasteiger partial charge on any atom is 0.290 e. The van der Waals surface area contributed by atoms with E-state index < -0.39 is 0 Å². The highest BCUT2D eigenvalue weighted by Crippen LogP contribution is 2.34. The van der Waals surface area contributed by atoms with E-state index in [2.05, 4.69) is 57.4 Å². The molecule has 1 aliphatic heterocycles. The number of anilines is 1. The number of carboxylic acid groups (broad SMARTS) is 1. The number of hydrogen-bond acceptors (Lipinski definition) is 6. The van der Waals surface area contributed by atoms with Crippen molar-refractivity contribution in [3.05, 3.63) is 90.0 Å². The second kappa shape index (κ2) is 12.9. The Kier molecular flexibility index (Phi) is 8.87. The first-order chi connectivity index (χ1) is 20.8. The van der Waals surface area contributed by atoms with E-state index in [1.807, 2.05) is 54.6 Å². The molecule has 1 amide bonds. The molecule has 2 N–H and O–H groups in total. The number of pyridine rings is 1. The monoisotopic (exact) mass is 579 g/mol. The fraction of sp³-hybridized carbons (Fsp3) is 0.273. The maximum absolute atomic E-state index is 12.3. The van der Waals surface area contributed by atoms with Gasteiger partial charge in [-0.2, -0.15) is 5.10 Å². The van der Waals surface area contributed by atoms with Gasteiger partial charge in [-0.15, -0.1) is 0 Å². The summed E-state index contributed by atoms with van der Waals surface area (Å²) in [6.45, 7) is 3.93. The van der Waals surface area contributed by atoms with E-state index in [1.165, 1.54) is 16.8 Å². The molecule has 43 heavy (non-hydrogen) atoms. The van der Waals surface area contributed by atoms with E-state index in [1.54, 1.807) is 19.0 Å². The van der Waals surface area contributed by atoms with Gasteiger partial charge >= 0.3 is 0 Å². The number of benzene rings is 2. The third-order valence-corrected chi connectivity index (χ3v) is 7.79. The normalized spacial score (nSPS) is 13.4. The average Bonchev–Trinajstić information content (AvgIpc) is 3.63. The van der Waals surface area contributed by atoms with Crippen LogP contribution in [-0.2, 0) is 18.3 Å². The van der Waals surface area contributed by atoms with Crippen molar-refractivity contribution in [2.45, 2.75) is 6.42 Å². The molecule has 4 heterocycles. The van der Waals surface area contributed by atoms with Crippen LogP contribution in [-0.4, -0.2) is 94.4 Å². The number of piperazine rings is 1. The standard InChI is InChI=1S/C32H35N7O.CH2O2/c1-36(2)32(40)24-7-5-23(6-8-24)29-20-34-31-28(29)17-27(19-33-31)25-9-10-30(39-13-11-37(3)12-14-39)26(16-25)15-22-18-35-38(4)21-22;2-1-3/h5-10,16-21H,11-15H2,1-4H3,(H,33,34);1H,(H,2,3). The van der Waals surface area contributed by atoms with Crippen LogP contribution in [0.2, 0.25) is 0 Å². The molecule has 5 aromatic rings. The molecule has 0 atom stereocenters. The molecular formula is C33H37N7O3. The first-order valence-electron chi connectivity index (χ1n) is 14.2. The molecule has 6 rings (SSSR count). The highest BCUT2D eigenvalue weighted by Gasteiger charge is 2.19. The summed E-state index contributed by atoms with van der Waals surface area (Å²) in [4.78, 5) is 35.3. The van der Waals surface area contributed by atoms with Crippen LogP contribution in [0.5, 0.6) is 0 Å². The third-order valence-electron chi connectivity index (χ3n) is 7.79. The zero-order valence-corrected chi connectivity index (χ0v) is 25.0. The van der Waals surface area contributed by atoms with E-state index in [4.69, 9.17) is 14.9 Å². The predicted molar refractivity (Wildman–Crippen MR) is 169 cm³/mol. The van der Waals surface area contributed by atoms with Crippen molar-refractivity contribution in [2.24, 2.45) is 7.05 Å². The molecule has 3 aromatic heterocycles. The van der Waals surface area contributed by atoms with Crippen LogP contribution in [0.1, 0.15) is 21.5 Å². The van der Waals surface area contributed by atoms with Crippen LogP contribution < -0.4 is 4.90 Å². The molecule has 0 radical (unpaired) electrons. The van der Waals surface area contributed by atoms with Gasteiger partial charge in [-0.3, -0.25) is 14.3 Å². The van der Waals surface area contributed by atoms with Crippen LogP contribution in [0.15, 0.2) is 73.3 Å². The minimum absolute atomic E-state index is 0.00321. The number of H-pyrrole nitrogens is 1. The van der Waals surface area contributed by atoms with E-state index in [0.717, 1.165) is 65.9 Å². The Bertz CT molecular complexity index is 1710. The number of aromatic amines is 1. The molecule has 10 heteroatoms. The Balaban J connectivity index is 0.00000118. The predicted octanol–water partition coefficient (Wildman–Crippen LogP) is 4.38. The molecule has 1 fully saturated rings. The topological polar surface area (TPSA) is 111 Å². The van der Waals surface area contributed by atoms with Gasteiger partial charge in [-0.05, 0) is 59.6 Å². The zero-order chi connectivity index (χ0) is 30.5. The molecule has 0 aliphatic carbocycles. The second-order valence-electron chi connectivity index (χ2n) is 11.0. The summed E-state index contributed by atoms with van der Waals surface area (Å²) >= 11 is 0. The van der Waals surface area contributed by atoms with Gasteiger partial charge in [0.2, 0.25) is 0 Å². The number of nitrogens with zero attached hydrogens (tertiary/aromatic N) is 6. The summed E-state index contributed by atoms with van der Waals surface area (Å²) in [5, 5.41) is 12.3. The fourth-order valence-corrected chi connectivity index (χ4v) is 5.50. The Hall–Kier alpha value is -4.96. The van der Waals surface area contributed by atoms with Crippen LogP contribution in [0, 0.1) is 0 Å². The Morgan fingerprint density at radius 2 is 1.67 bits per heavy atom. The molecule has 2 aromatic carbocycles. The van der Waals surface area contributed by atoms with Crippen LogP contribution in [0.3, 0.4) is 0 Å². The smallest absolute Gasteiger partial charge is 0.290 e. The van der Waals surface area contributed by atoms with Gasteiger partial charge in [0.05, 0.1) is 6.20 Å². The van der Waals surface area contributed by atoms with E-state index >= 15 is 0 Å². The first-order valence-corrected chi connectivity index (χ1v) is 14.2. The highest BCUT2D eigenvalue weighted by atomic mass is 16.3. The molecule has 1 saturated heterocycles. The number of aryl methyl sites for hydroxylation is 1. The van der Waals surface area contributed by atoms with E-state index in [-0.39, 0.29) is 12.4 Å². The number of hydrogen-bond donors (Lipinski definition) is 2. The van der Waals surface area contributed by atoms with Crippen LogP contribution >= 0.6 is 0 Å². The molecule has 0 bridgehead atoms. The van der Waals surface area contributed by atoms with Crippen molar-refractivity contribution in [1.29, 1.82) is 0 Å². The molecule has 0 saturated carbocycles. The minimum atomic E-state index is -0.250. The quantitative estimate of drug-likeness (QED) is 0.287. The van der Waals surface area contributed by atoms with Gasteiger partial charge < -0.3 is 24.8 Å². The van der Waals surface area contributed by atoms with Gasteiger partial charge in [-0.1, -0.05) is 18.2 Å². The molecule has 0 unspecified atom stereocenters. The number of fused-ring (bicyclic) bond motifs is 1. The van der Waals surface area contributed by atoms with Crippen molar-refractivity contribution in [3.8, 4) is 22.3 Å². The lowest BCUT2D eigenvalue weighted by Gasteiger charge is -2.35. The van der Waals surface area contributed by atoms with Gasteiger partial charge in [0.25, 0.3) is 12.4 Å². The van der Waals surface area contributed by atoms with Crippen LogP contribution in [0.25, 0.3) is 33.3 Å². The number of carbonyl (C=O) groups is 2. The highest BCUT2D eigenvalue weighted by molar-refractivity contribution is 5.98. The van der Waals surface area contributed by atoms with E-state index in [0.29, 0.717) is 5.56 Å². The lowest BCUT2D eigenvalue weighted by atomic mass is 9.97. The fourth-order valence-electron chi connectivity index (χ4n) is 5.50. The number of aromatic nitrogens is 4. The third kappa shape index (κ3) is 6.60. The summed E-state index contributed by atoms with van der Waals surface area (Å²) < 4.78 is 1.86. The molecule has 10 nitrogen and oxygen atoms in total. The van der Waals surface area contributed by atoms with Gasteiger partial charge in [-0.25, -0.2) is 4.98 Å². The number of nitrogens with one attached hydrogen (secondary N) is 1.